The number of nitrogens with one attached hydrogen (secondary N) is 1. The normalized spacial score (nSPS) is 17.2. The van der Waals surface area contributed by atoms with E-state index in [2.05, 4.69) is 46.1 Å². The first kappa shape index (κ1) is 17.1. The van der Waals surface area contributed by atoms with Gasteiger partial charge in [-0.25, -0.2) is 4.98 Å². The van der Waals surface area contributed by atoms with Crippen LogP contribution < -0.4 is 14.4 Å². The van der Waals surface area contributed by atoms with E-state index in [1.165, 1.54) is 5.69 Å². The average Bonchev–Trinajstić information content (AvgIpc) is 3.17. The molecule has 0 aliphatic carbocycles. The number of rotatable bonds is 3. The van der Waals surface area contributed by atoms with Gasteiger partial charge in [-0.05, 0) is 37.4 Å². The predicted molar refractivity (Wildman–Crippen MR) is 112 cm³/mol. The molecule has 0 unspecified atom stereocenters. The van der Waals surface area contributed by atoms with E-state index < -0.39 is 0 Å². The molecule has 144 valence electrons. The molecule has 1 aromatic heterocycles. The van der Waals surface area contributed by atoms with Crippen molar-refractivity contribution in [3.63, 3.8) is 0 Å². The van der Waals surface area contributed by atoms with Crippen LogP contribution in [-0.2, 0) is 0 Å². The summed E-state index contributed by atoms with van der Waals surface area (Å²) in [4.78, 5) is 13.1. The summed E-state index contributed by atoms with van der Waals surface area (Å²) in [5.41, 5.74) is 5.34. The molecule has 2 aliphatic rings. The molecule has 6 heteroatoms. The third kappa shape index (κ3) is 2.99. The van der Waals surface area contributed by atoms with Crippen LogP contribution in [0.4, 0.5) is 5.69 Å². The summed E-state index contributed by atoms with van der Waals surface area (Å²) in [7, 11) is 3.84. The minimum Gasteiger partial charge on any atom is -0.493 e. The van der Waals surface area contributed by atoms with E-state index in [-0.39, 0.29) is 0 Å². The largest absolute Gasteiger partial charge is 0.493 e. The summed E-state index contributed by atoms with van der Waals surface area (Å²) in [6.45, 7) is 4.78. The van der Waals surface area contributed by atoms with Crippen LogP contribution in [0.3, 0.4) is 0 Å². The van der Waals surface area contributed by atoms with Gasteiger partial charge in [0.1, 0.15) is 12.4 Å². The molecule has 3 heterocycles. The topological polar surface area (TPSA) is 53.6 Å². The van der Waals surface area contributed by atoms with E-state index >= 15 is 0 Å². The molecule has 5 rings (SSSR count). The number of piperazine rings is 1. The van der Waals surface area contributed by atoms with Gasteiger partial charge in [-0.15, -0.1) is 0 Å². The summed E-state index contributed by atoms with van der Waals surface area (Å²) in [6.07, 6.45) is 2.13. The third-order valence-corrected chi connectivity index (χ3v) is 5.57. The maximum absolute atomic E-state index is 5.97. The molecule has 0 saturated carbocycles. The van der Waals surface area contributed by atoms with Gasteiger partial charge in [0.25, 0.3) is 0 Å². The van der Waals surface area contributed by atoms with Crippen molar-refractivity contribution in [2.75, 3.05) is 51.8 Å². The van der Waals surface area contributed by atoms with E-state index in [4.69, 9.17) is 14.5 Å². The van der Waals surface area contributed by atoms with Gasteiger partial charge in [-0.1, -0.05) is 12.1 Å². The van der Waals surface area contributed by atoms with Crippen molar-refractivity contribution < 1.29 is 9.47 Å². The van der Waals surface area contributed by atoms with Gasteiger partial charge in [0.05, 0.1) is 18.1 Å². The lowest BCUT2D eigenvalue weighted by Gasteiger charge is -2.34. The number of anilines is 1. The average molecular weight is 376 g/mol. The van der Waals surface area contributed by atoms with Crippen LogP contribution in [0.15, 0.2) is 36.4 Å². The van der Waals surface area contributed by atoms with Crippen LogP contribution in [0.1, 0.15) is 11.4 Å². The number of hydrogen-bond donors (Lipinski definition) is 1. The molecule has 0 radical (unpaired) electrons. The number of hydrogen-bond acceptors (Lipinski definition) is 5. The highest BCUT2D eigenvalue weighted by atomic mass is 16.5. The number of imidazole rings is 1. The fraction of sp³-hybridized carbons (Fsp3) is 0.318. The lowest BCUT2D eigenvalue weighted by atomic mass is 10.1. The van der Waals surface area contributed by atoms with E-state index in [0.29, 0.717) is 6.61 Å². The highest BCUT2D eigenvalue weighted by Crippen LogP contribution is 2.37. The van der Waals surface area contributed by atoms with Crippen molar-refractivity contribution in [3.05, 3.63) is 47.8 Å². The van der Waals surface area contributed by atoms with Crippen molar-refractivity contribution in [3.8, 4) is 11.5 Å². The van der Waals surface area contributed by atoms with Crippen LogP contribution in [0.25, 0.3) is 22.7 Å². The van der Waals surface area contributed by atoms with Gasteiger partial charge in [0.2, 0.25) is 0 Å². The Balaban J connectivity index is 1.46. The summed E-state index contributed by atoms with van der Waals surface area (Å²) in [5.74, 6) is 2.41. The Hall–Kier alpha value is -2.99. The van der Waals surface area contributed by atoms with Crippen molar-refractivity contribution in [1.82, 2.24) is 14.9 Å². The Morgan fingerprint density at radius 3 is 2.79 bits per heavy atom. The summed E-state index contributed by atoms with van der Waals surface area (Å²) >= 11 is 0. The molecule has 0 bridgehead atoms. The zero-order chi connectivity index (χ0) is 19.1. The minimum atomic E-state index is 0.471. The number of para-hydroxylation sites is 1. The van der Waals surface area contributed by atoms with Crippen LogP contribution in [0.2, 0.25) is 0 Å². The molecule has 1 saturated heterocycles. The first-order valence-corrected chi connectivity index (χ1v) is 9.65. The lowest BCUT2D eigenvalue weighted by molar-refractivity contribution is 0.313. The van der Waals surface area contributed by atoms with Gasteiger partial charge in [0.15, 0.2) is 11.5 Å². The number of aromatic nitrogens is 2. The maximum atomic E-state index is 5.97. The Morgan fingerprint density at radius 2 is 1.96 bits per heavy atom. The summed E-state index contributed by atoms with van der Waals surface area (Å²) in [5, 5.41) is 0. The molecular weight excluding hydrogens is 352 g/mol. The van der Waals surface area contributed by atoms with Crippen LogP contribution in [0.5, 0.6) is 11.5 Å². The fourth-order valence-corrected chi connectivity index (χ4v) is 3.89. The minimum absolute atomic E-state index is 0.471. The van der Waals surface area contributed by atoms with Crippen molar-refractivity contribution >= 4 is 28.4 Å². The second kappa shape index (κ2) is 6.87. The molecule has 28 heavy (non-hydrogen) atoms. The number of methoxy groups -OCH3 is 1. The second-order valence-corrected chi connectivity index (χ2v) is 7.41. The number of benzene rings is 2. The number of ether oxygens (including phenoxy) is 2. The number of H-pyrrole nitrogens is 1. The summed E-state index contributed by atoms with van der Waals surface area (Å²) in [6, 6.07) is 12.4. The number of nitrogens with zero attached hydrogens (tertiary/aromatic N) is 3. The molecule has 1 fully saturated rings. The fourth-order valence-electron chi connectivity index (χ4n) is 3.89. The monoisotopic (exact) mass is 376 g/mol. The molecule has 0 spiro atoms. The zero-order valence-electron chi connectivity index (χ0n) is 16.2. The standard InChI is InChI=1S/C22H24N4O2/c1-25-8-10-26(11-9-25)17-6-7-18-19(13-17)24-22(23-18)16-12-15-4-3-5-20(27-2)21(15)28-14-16/h3-7,12-13H,8-11,14H2,1-2H3,(H,23,24). The van der Waals surface area contributed by atoms with Gasteiger partial charge >= 0.3 is 0 Å². The van der Waals surface area contributed by atoms with E-state index in [9.17, 15) is 0 Å². The lowest BCUT2D eigenvalue weighted by Crippen LogP contribution is -2.44. The first-order valence-electron chi connectivity index (χ1n) is 9.65. The van der Waals surface area contributed by atoms with E-state index in [0.717, 1.165) is 65.7 Å². The molecule has 0 atom stereocenters. The number of likely N-dealkylation sites (N-methyl/N-ethyl adjacent to an activating group) is 1. The van der Waals surface area contributed by atoms with E-state index in [1.807, 2.05) is 18.2 Å². The first-order chi connectivity index (χ1) is 13.7. The van der Waals surface area contributed by atoms with E-state index in [1.54, 1.807) is 7.11 Å². The molecule has 1 N–H and O–H groups in total. The highest BCUT2D eigenvalue weighted by Gasteiger charge is 2.19. The Morgan fingerprint density at radius 1 is 1.11 bits per heavy atom. The maximum Gasteiger partial charge on any atom is 0.168 e. The van der Waals surface area contributed by atoms with Gasteiger partial charge in [-0.2, -0.15) is 0 Å². The van der Waals surface area contributed by atoms with Crippen molar-refractivity contribution in [2.24, 2.45) is 0 Å². The van der Waals surface area contributed by atoms with Crippen molar-refractivity contribution in [1.29, 1.82) is 0 Å². The van der Waals surface area contributed by atoms with Gasteiger partial charge < -0.3 is 24.3 Å². The number of fused-ring (bicyclic) bond motifs is 2. The van der Waals surface area contributed by atoms with Gasteiger partial charge in [0, 0.05) is 43.0 Å². The Bertz CT molecular complexity index is 1050. The highest BCUT2D eigenvalue weighted by molar-refractivity contribution is 5.88. The van der Waals surface area contributed by atoms with Crippen molar-refractivity contribution in [2.45, 2.75) is 0 Å². The molecule has 2 aromatic carbocycles. The van der Waals surface area contributed by atoms with Crippen LogP contribution >= 0.6 is 0 Å². The number of aromatic amines is 1. The molecule has 0 amide bonds. The molecule has 3 aromatic rings. The molecule has 6 nitrogen and oxygen atoms in total. The van der Waals surface area contributed by atoms with Crippen LogP contribution in [-0.4, -0.2) is 61.8 Å². The zero-order valence-corrected chi connectivity index (χ0v) is 16.2. The smallest absolute Gasteiger partial charge is 0.168 e. The predicted octanol–water partition coefficient (Wildman–Crippen LogP) is 3.26. The molecule has 2 aliphatic heterocycles. The van der Waals surface area contributed by atoms with Crippen LogP contribution in [0, 0.1) is 0 Å². The SMILES string of the molecule is COc1cccc2c1OCC(c1nc3ccc(N4CCN(C)CC4)cc3[nH]1)=C2. The quantitative estimate of drug-likeness (QED) is 0.760. The summed E-state index contributed by atoms with van der Waals surface area (Å²) < 4.78 is 11.4. The second-order valence-electron chi connectivity index (χ2n) is 7.41. The third-order valence-electron chi connectivity index (χ3n) is 5.57. The Labute approximate surface area is 164 Å². The van der Waals surface area contributed by atoms with Gasteiger partial charge in [-0.3, -0.25) is 0 Å². The Kier molecular flexibility index (Phi) is 4.20. The molecular formula is C22H24N4O2.